The zero-order chi connectivity index (χ0) is 11.0. The van der Waals surface area contributed by atoms with Gasteiger partial charge in [0.2, 0.25) is 0 Å². The lowest BCUT2D eigenvalue weighted by atomic mass is 9.94. The predicted octanol–water partition coefficient (Wildman–Crippen LogP) is 3.25. The van der Waals surface area contributed by atoms with Crippen molar-refractivity contribution in [2.45, 2.75) is 19.8 Å². The molecule has 2 rings (SSSR count). The Hall–Kier alpha value is -1.70. The van der Waals surface area contributed by atoms with Crippen LogP contribution in [0.1, 0.15) is 25.3 Å². The van der Waals surface area contributed by atoms with Crippen LogP contribution >= 0.6 is 0 Å². The SMILES string of the molecule is CC(C)c1c(N)ccc2c(O)cccc12. The quantitative estimate of drug-likeness (QED) is 0.696. The van der Waals surface area contributed by atoms with Crippen LogP contribution in [0.4, 0.5) is 5.69 Å². The highest BCUT2D eigenvalue weighted by atomic mass is 16.3. The van der Waals surface area contributed by atoms with E-state index in [-0.39, 0.29) is 0 Å². The van der Waals surface area contributed by atoms with Gasteiger partial charge in [0.15, 0.2) is 0 Å². The van der Waals surface area contributed by atoms with Gasteiger partial charge in [-0.15, -0.1) is 0 Å². The van der Waals surface area contributed by atoms with Crippen molar-refractivity contribution in [1.29, 1.82) is 0 Å². The van der Waals surface area contributed by atoms with Crippen LogP contribution in [0.15, 0.2) is 30.3 Å². The lowest BCUT2D eigenvalue weighted by Crippen LogP contribution is -1.97. The minimum Gasteiger partial charge on any atom is -0.507 e. The van der Waals surface area contributed by atoms with Gasteiger partial charge in [0, 0.05) is 11.1 Å². The van der Waals surface area contributed by atoms with E-state index in [9.17, 15) is 5.11 Å². The fourth-order valence-corrected chi connectivity index (χ4v) is 2.03. The van der Waals surface area contributed by atoms with E-state index in [2.05, 4.69) is 13.8 Å². The Labute approximate surface area is 89.3 Å². The molecule has 15 heavy (non-hydrogen) atoms. The molecule has 0 aromatic heterocycles. The number of rotatable bonds is 1. The van der Waals surface area contributed by atoms with Crippen LogP contribution in [0.5, 0.6) is 5.75 Å². The van der Waals surface area contributed by atoms with Gasteiger partial charge in [0.05, 0.1) is 0 Å². The minimum atomic E-state index is 0.314. The Bertz CT molecular complexity index is 503. The van der Waals surface area contributed by atoms with Crippen molar-refractivity contribution in [3.05, 3.63) is 35.9 Å². The van der Waals surface area contributed by atoms with E-state index in [1.807, 2.05) is 24.3 Å². The lowest BCUT2D eigenvalue weighted by Gasteiger charge is -2.13. The number of anilines is 1. The molecule has 2 aromatic carbocycles. The lowest BCUT2D eigenvalue weighted by molar-refractivity contribution is 0.481. The normalized spacial score (nSPS) is 11.1. The van der Waals surface area contributed by atoms with Gasteiger partial charge in [-0.2, -0.15) is 0 Å². The topological polar surface area (TPSA) is 46.2 Å². The molecule has 2 heteroatoms. The molecule has 0 atom stereocenters. The highest BCUT2D eigenvalue weighted by Gasteiger charge is 2.10. The van der Waals surface area contributed by atoms with Crippen molar-refractivity contribution in [1.82, 2.24) is 0 Å². The number of hydrogen-bond donors (Lipinski definition) is 2. The summed E-state index contributed by atoms with van der Waals surface area (Å²) in [6.07, 6.45) is 0. The Morgan fingerprint density at radius 3 is 2.47 bits per heavy atom. The molecule has 0 heterocycles. The van der Waals surface area contributed by atoms with Crippen LogP contribution in [-0.2, 0) is 0 Å². The summed E-state index contributed by atoms with van der Waals surface area (Å²) in [7, 11) is 0. The van der Waals surface area contributed by atoms with E-state index in [0.29, 0.717) is 11.7 Å². The Kier molecular flexibility index (Phi) is 2.27. The van der Waals surface area contributed by atoms with Crippen molar-refractivity contribution < 1.29 is 5.11 Å². The zero-order valence-electron chi connectivity index (χ0n) is 8.99. The summed E-state index contributed by atoms with van der Waals surface area (Å²) in [5.41, 5.74) is 7.86. The number of nitrogen functional groups attached to an aromatic ring is 1. The van der Waals surface area contributed by atoms with Crippen molar-refractivity contribution in [2.24, 2.45) is 0 Å². The third-order valence-electron chi connectivity index (χ3n) is 2.69. The van der Waals surface area contributed by atoms with Crippen LogP contribution in [0.3, 0.4) is 0 Å². The molecule has 0 unspecified atom stereocenters. The molecule has 3 N–H and O–H groups in total. The third kappa shape index (κ3) is 1.52. The summed E-state index contributed by atoms with van der Waals surface area (Å²) in [5, 5.41) is 11.6. The van der Waals surface area contributed by atoms with Gasteiger partial charge in [-0.25, -0.2) is 0 Å². The first-order valence-corrected chi connectivity index (χ1v) is 5.11. The van der Waals surface area contributed by atoms with Crippen molar-refractivity contribution in [3.63, 3.8) is 0 Å². The van der Waals surface area contributed by atoms with Crippen molar-refractivity contribution in [3.8, 4) is 5.75 Å². The third-order valence-corrected chi connectivity index (χ3v) is 2.69. The average Bonchev–Trinajstić information content (AvgIpc) is 2.17. The summed E-state index contributed by atoms with van der Waals surface area (Å²) in [4.78, 5) is 0. The number of benzene rings is 2. The van der Waals surface area contributed by atoms with E-state index in [0.717, 1.165) is 22.0 Å². The summed E-state index contributed by atoms with van der Waals surface area (Å²) >= 11 is 0. The summed E-state index contributed by atoms with van der Waals surface area (Å²) in [6, 6.07) is 9.27. The summed E-state index contributed by atoms with van der Waals surface area (Å²) < 4.78 is 0. The minimum absolute atomic E-state index is 0.314. The molecule has 0 spiro atoms. The second kappa shape index (κ2) is 3.46. The summed E-state index contributed by atoms with van der Waals surface area (Å²) in [5.74, 6) is 0.671. The van der Waals surface area contributed by atoms with Crippen LogP contribution in [-0.4, -0.2) is 5.11 Å². The first kappa shape index (κ1) is 9.84. The molecule has 0 saturated heterocycles. The predicted molar refractivity (Wildman–Crippen MR) is 64.1 cm³/mol. The largest absolute Gasteiger partial charge is 0.507 e. The second-order valence-corrected chi connectivity index (χ2v) is 4.10. The Balaban J connectivity index is 2.88. The van der Waals surface area contributed by atoms with E-state index in [1.54, 1.807) is 6.07 Å². The highest BCUT2D eigenvalue weighted by molar-refractivity contribution is 5.94. The fraction of sp³-hybridized carbons (Fsp3) is 0.231. The Morgan fingerprint density at radius 1 is 1.07 bits per heavy atom. The molecular weight excluding hydrogens is 186 g/mol. The maximum atomic E-state index is 9.73. The van der Waals surface area contributed by atoms with Crippen LogP contribution in [0.25, 0.3) is 10.8 Å². The second-order valence-electron chi connectivity index (χ2n) is 4.10. The number of aromatic hydroxyl groups is 1. The molecule has 2 nitrogen and oxygen atoms in total. The molecule has 0 aliphatic heterocycles. The molecule has 2 aromatic rings. The first-order chi connectivity index (χ1) is 7.11. The zero-order valence-corrected chi connectivity index (χ0v) is 8.99. The van der Waals surface area contributed by atoms with E-state index >= 15 is 0 Å². The van der Waals surface area contributed by atoms with E-state index < -0.39 is 0 Å². The molecule has 0 bridgehead atoms. The van der Waals surface area contributed by atoms with E-state index in [4.69, 9.17) is 5.73 Å². The van der Waals surface area contributed by atoms with Gasteiger partial charge in [-0.3, -0.25) is 0 Å². The molecule has 0 radical (unpaired) electrons. The Morgan fingerprint density at radius 2 is 1.80 bits per heavy atom. The van der Waals surface area contributed by atoms with Gasteiger partial charge in [0.1, 0.15) is 5.75 Å². The molecule has 0 saturated carbocycles. The monoisotopic (exact) mass is 201 g/mol. The molecule has 78 valence electrons. The van der Waals surface area contributed by atoms with Crippen LogP contribution in [0.2, 0.25) is 0 Å². The van der Waals surface area contributed by atoms with Crippen molar-refractivity contribution >= 4 is 16.5 Å². The van der Waals surface area contributed by atoms with E-state index in [1.165, 1.54) is 0 Å². The van der Waals surface area contributed by atoms with Gasteiger partial charge >= 0.3 is 0 Å². The maximum absolute atomic E-state index is 9.73. The van der Waals surface area contributed by atoms with Gasteiger partial charge in [-0.1, -0.05) is 26.0 Å². The number of hydrogen-bond acceptors (Lipinski definition) is 2. The molecule has 0 aliphatic carbocycles. The number of phenolic OH excluding ortho intramolecular Hbond substituents is 1. The smallest absolute Gasteiger partial charge is 0.123 e. The number of fused-ring (bicyclic) bond motifs is 1. The standard InChI is InChI=1S/C13H15NO/c1-8(2)13-10-4-3-5-12(15)9(10)6-7-11(13)14/h3-8,15H,14H2,1-2H3. The van der Waals surface area contributed by atoms with Crippen molar-refractivity contribution in [2.75, 3.05) is 5.73 Å². The maximum Gasteiger partial charge on any atom is 0.123 e. The van der Waals surface area contributed by atoms with Gasteiger partial charge in [-0.05, 0) is 35.1 Å². The molecular formula is C13H15NO. The molecule has 0 amide bonds. The fourth-order valence-electron chi connectivity index (χ4n) is 2.03. The van der Waals surface area contributed by atoms with Gasteiger partial charge < -0.3 is 10.8 Å². The highest BCUT2D eigenvalue weighted by Crippen LogP contribution is 2.34. The average molecular weight is 201 g/mol. The molecule has 0 aliphatic rings. The molecule has 0 fully saturated rings. The summed E-state index contributed by atoms with van der Waals surface area (Å²) in [6.45, 7) is 4.21. The van der Waals surface area contributed by atoms with Crippen LogP contribution in [0, 0.1) is 0 Å². The number of nitrogens with two attached hydrogens (primary N) is 1. The number of phenols is 1. The first-order valence-electron chi connectivity index (χ1n) is 5.11. The van der Waals surface area contributed by atoms with Gasteiger partial charge in [0.25, 0.3) is 0 Å². The van der Waals surface area contributed by atoms with Crippen LogP contribution < -0.4 is 5.73 Å².